The Kier molecular flexibility index (Phi) is 4.02. The Morgan fingerprint density at radius 3 is 3.00 bits per heavy atom. The highest BCUT2D eigenvalue weighted by Crippen LogP contribution is 2.10. The van der Waals surface area contributed by atoms with Crippen molar-refractivity contribution in [2.75, 3.05) is 13.1 Å². The molecule has 0 aromatic heterocycles. The molecule has 0 atom stereocenters. The molecule has 1 N–H and O–H groups in total. The van der Waals surface area contributed by atoms with Gasteiger partial charge >= 0.3 is 0 Å². The molecule has 0 radical (unpaired) electrons. The van der Waals surface area contributed by atoms with Gasteiger partial charge in [-0.05, 0) is 19.1 Å². The number of ketones is 1. The Morgan fingerprint density at radius 2 is 2.33 bits per heavy atom. The van der Waals surface area contributed by atoms with E-state index in [1.807, 2.05) is 6.92 Å². The van der Waals surface area contributed by atoms with E-state index in [0.29, 0.717) is 6.54 Å². The number of carbonyl (C=O) groups is 1. The lowest BCUT2D eigenvalue weighted by atomic mass is 10.1. The van der Waals surface area contributed by atoms with Crippen LogP contribution in [0.2, 0.25) is 0 Å². The van der Waals surface area contributed by atoms with Crippen molar-refractivity contribution >= 4 is 5.78 Å². The van der Waals surface area contributed by atoms with Gasteiger partial charge in [-0.25, -0.2) is 4.39 Å². The summed E-state index contributed by atoms with van der Waals surface area (Å²) >= 11 is 0. The molecule has 0 saturated carbocycles. The molecule has 0 spiro atoms. The predicted octanol–water partition coefficient (Wildman–Crippen LogP) is 1.54. The second-order valence-electron chi connectivity index (χ2n) is 3.21. The number of aryl methyl sites for hydroxylation is 1. The molecule has 1 aromatic carbocycles. The van der Waals surface area contributed by atoms with Crippen LogP contribution in [0, 0.1) is 25.1 Å². The molecule has 0 unspecified atom stereocenters. The summed E-state index contributed by atoms with van der Waals surface area (Å²) in [4.78, 5) is 11.5. The minimum Gasteiger partial charge on any atom is -0.299 e. The maximum Gasteiger partial charge on any atom is 0.179 e. The zero-order valence-electron chi connectivity index (χ0n) is 8.51. The third-order valence-corrected chi connectivity index (χ3v) is 1.93. The summed E-state index contributed by atoms with van der Waals surface area (Å²) in [6.07, 6.45) is 5.01. The monoisotopic (exact) mass is 205 g/mol. The van der Waals surface area contributed by atoms with E-state index in [2.05, 4.69) is 11.2 Å². The standard InChI is InChI=1S/C12H12FNO/c1-3-6-14-8-12(15)10-7-9(2)4-5-11(10)13/h1,4-5,7,14H,6,8H2,2H3. The molecule has 3 heteroatoms. The van der Waals surface area contributed by atoms with Crippen molar-refractivity contribution in [2.24, 2.45) is 0 Å². The summed E-state index contributed by atoms with van der Waals surface area (Å²) in [5.74, 6) is 1.57. The van der Waals surface area contributed by atoms with E-state index >= 15 is 0 Å². The molecular formula is C12H12FNO. The highest BCUT2D eigenvalue weighted by atomic mass is 19.1. The first-order valence-corrected chi connectivity index (χ1v) is 4.58. The Morgan fingerprint density at radius 1 is 1.60 bits per heavy atom. The van der Waals surface area contributed by atoms with E-state index in [-0.39, 0.29) is 17.9 Å². The van der Waals surface area contributed by atoms with E-state index < -0.39 is 5.82 Å². The average molecular weight is 205 g/mol. The highest BCUT2D eigenvalue weighted by molar-refractivity contribution is 5.98. The van der Waals surface area contributed by atoms with Gasteiger partial charge in [0.05, 0.1) is 18.7 Å². The van der Waals surface area contributed by atoms with Gasteiger partial charge in [-0.3, -0.25) is 10.1 Å². The van der Waals surface area contributed by atoms with Crippen molar-refractivity contribution in [3.8, 4) is 12.3 Å². The molecule has 1 rings (SSSR count). The maximum absolute atomic E-state index is 13.2. The fourth-order valence-corrected chi connectivity index (χ4v) is 1.20. The van der Waals surface area contributed by atoms with Gasteiger partial charge in [0.15, 0.2) is 5.78 Å². The molecular weight excluding hydrogens is 193 g/mol. The summed E-state index contributed by atoms with van der Waals surface area (Å²) < 4.78 is 13.2. The van der Waals surface area contributed by atoms with Crippen molar-refractivity contribution in [1.82, 2.24) is 5.32 Å². The van der Waals surface area contributed by atoms with Crippen molar-refractivity contribution in [3.05, 3.63) is 35.1 Å². The van der Waals surface area contributed by atoms with Crippen molar-refractivity contribution in [3.63, 3.8) is 0 Å². The van der Waals surface area contributed by atoms with Crippen molar-refractivity contribution < 1.29 is 9.18 Å². The molecule has 0 fully saturated rings. The normalized spacial score (nSPS) is 9.67. The van der Waals surface area contributed by atoms with Gasteiger partial charge in [0.25, 0.3) is 0 Å². The zero-order chi connectivity index (χ0) is 11.3. The summed E-state index contributed by atoms with van der Waals surface area (Å²) in [5.41, 5.74) is 0.969. The van der Waals surface area contributed by atoms with Crippen LogP contribution < -0.4 is 5.32 Å². The quantitative estimate of drug-likeness (QED) is 0.459. The molecule has 1 aromatic rings. The van der Waals surface area contributed by atoms with Crippen LogP contribution in [-0.2, 0) is 0 Å². The second kappa shape index (κ2) is 5.28. The molecule has 0 bridgehead atoms. The first-order valence-electron chi connectivity index (χ1n) is 4.58. The van der Waals surface area contributed by atoms with E-state index in [1.54, 1.807) is 6.07 Å². The van der Waals surface area contributed by atoms with E-state index in [4.69, 9.17) is 6.42 Å². The number of rotatable bonds is 4. The molecule has 0 aliphatic heterocycles. The Labute approximate surface area is 88.5 Å². The smallest absolute Gasteiger partial charge is 0.179 e. The van der Waals surface area contributed by atoms with Crippen LogP contribution in [0.3, 0.4) is 0 Å². The molecule has 78 valence electrons. The van der Waals surface area contributed by atoms with E-state index in [9.17, 15) is 9.18 Å². The van der Waals surface area contributed by atoms with Crippen LogP contribution in [0.5, 0.6) is 0 Å². The van der Waals surface area contributed by atoms with Gasteiger partial charge in [-0.1, -0.05) is 17.6 Å². The second-order valence-corrected chi connectivity index (χ2v) is 3.21. The van der Waals surface area contributed by atoms with Crippen LogP contribution in [-0.4, -0.2) is 18.9 Å². The van der Waals surface area contributed by atoms with Gasteiger partial charge in [0.1, 0.15) is 5.82 Å². The van der Waals surface area contributed by atoms with E-state index in [0.717, 1.165) is 5.56 Å². The lowest BCUT2D eigenvalue weighted by Gasteiger charge is -2.03. The largest absolute Gasteiger partial charge is 0.299 e. The molecule has 0 aliphatic rings. The topological polar surface area (TPSA) is 29.1 Å². The fourth-order valence-electron chi connectivity index (χ4n) is 1.20. The number of terminal acetylenes is 1. The fraction of sp³-hybridized carbons (Fsp3) is 0.250. The van der Waals surface area contributed by atoms with Crippen LogP contribution in [0.25, 0.3) is 0 Å². The first-order chi connectivity index (χ1) is 7.15. The van der Waals surface area contributed by atoms with Gasteiger partial charge in [-0.15, -0.1) is 6.42 Å². The van der Waals surface area contributed by atoms with Crippen LogP contribution in [0.4, 0.5) is 4.39 Å². The van der Waals surface area contributed by atoms with Crippen molar-refractivity contribution in [2.45, 2.75) is 6.92 Å². The van der Waals surface area contributed by atoms with Gasteiger partial charge < -0.3 is 0 Å². The molecule has 0 amide bonds. The van der Waals surface area contributed by atoms with E-state index in [1.165, 1.54) is 12.1 Å². The van der Waals surface area contributed by atoms with Crippen molar-refractivity contribution in [1.29, 1.82) is 0 Å². The van der Waals surface area contributed by atoms with Gasteiger partial charge in [0.2, 0.25) is 0 Å². The summed E-state index contributed by atoms with van der Waals surface area (Å²) in [6.45, 7) is 2.18. The summed E-state index contributed by atoms with van der Waals surface area (Å²) in [6, 6.07) is 4.46. The number of hydrogen-bond acceptors (Lipinski definition) is 2. The minimum atomic E-state index is -0.492. The van der Waals surface area contributed by atoms with Crippen LogP contribution in [0.15, 0.2) is 18.2 Å². The molecule has 15 heavy (non-hydrogen) atoms. The number of Topliss-reactive ketones (excluding diaryl/α,β-unsaturated/α-hetero) is 1. The Hall–Kier alpha value is -1.66. The Balaban J connectivity index is 2.73. The molecule has 0 heterocycles. The average Bonchev–Trinajstić information content (AvgIpc) is 2.22. The summed E-state index contributed by atoms with van der Waals surface area (Å²) in [5, 5.41) is 2.73. The predicted molar refractivity (Wildman–Crippen MR) is 57.2 cm³/mol. The lowest BCUT2D eigenvalue weighted by molar-refractivity contribution is 0.0988. The van der Waals surface area contributed by atoms with Gasteiger partial charge in [0, 0.05) is 0 Å². The highest BCUT2D eigenvalue weighted by Gasteiger charge is 2.10. The number of carbonyl (C=O) groups excluding carboxylic acids is 1. The number of halogens is 1. The van der Waals surface area contributed by atoms with Gasteiger partial charge in [-0.2, -0.15) is 0 Å². The summed E-state index contributed by atoms with van der Waals surface area (Å²) in [7, 11) is 0. The zero-order valence-corrected chi connectivity index (χ0v) is 8.51. The Bertz CT molecular complexity index is 407. The molecule has 0 saturated heterocycles. The third kappa shape index (κ3) is 3.19. The third-order valence-electron chi connectivity index (χ3n) is 1.93. The first kappa shape index (κ1) is 11.4. The molecule has 0 aliphatic carbocycles. The SMILES string of the molecule is C#CCNCC(=O)c1cc(C)ccc1F. The molecule has 2 nitrogen and oxygen atoms in total. The van der Waals surface area contributed by atoms with Crippen LogP contribution in [0.1, 0.15) is 15.9 Å². The maximum atomic E-state index is 13.2. The minimum absolute atomic E-state index is 0.0601. The number of nitrogens with one attached hydrogen (secondary N) is 1. The number of hydrogen-bond donors (Lipinski definition) is 1. The number of benzene rings is 1. The lowest BCUT2D eigenvalue weighted by Crippen LogP contribution is -2.24. The van der Waals surface area contributed by atoms with Crippen LogP contribution >= 0.6 is 0 Å².